The summed E-state index contributed by atoms with van der Waals surface area (Å²) in [5.41, 5.74) is 3.96. The number of carbonyl (C=O) groups is 2. The molecule has 0 saturated carbocycles. The largest absolute Gasteiger partial charge is 0.394 e. The van der Waals surface area contributed by atoms with E-state index < -0.39 is 17.3 Å². The van der Waals surface area contributed by atoms with E-state index in [0.717, 1.165) is 33.0 Å². The Balaban J connectivity index is 1.51. The van der Waals surface area contributed by atoms with E-state index in [1.165, 1.54) is 4.90 Å². The molecule has 0 spiro atoms. The van der Waals surface area contributed by atoms with Crippen molar-refractivity contribution in [2.45, 2.75) is 11.3 Å². The van der Waals surface area contributed by atoms with E-state index in [9.17, 15) is 14.7 Å². The molecule has 4 aliphatic rings. The molecule has 36 heavy (non-hydrogen) atoms. The van der Waals surface area contributed by atoms with Crippen molar-refractivity contribution in [3.63, 3.8) is 0 Å². The molecule has 1 aliphatic heterocycles. The molecule has 176 valence electrons. The van der Waals surface area contributed by atoms with Gasteiger partial charge in [0.15, 0.2) is 0 Å². The molecule has 2 unspecified atom stereocenters. The molecule has 2 bridgehead atoms. The summed E-state index contributed by atoms with van der Waals surface area (Å²) in [5.74, 6) is -1.68. The summed E-state index contributed by atoms with van der Waals surface area (Å²) >= 11 is 0. The molecule has 8 rings (SSSR count). The van der Waals surface area contributed by atoms with E-state index in [2.05, 4.69) is 29.3 Å². The second-order valence-electron chi connectivity index (χ2n) is 9.79. The molecule has 0 aromatic heterocycles. The van der Waals surface area contributed by atoms with Gasteiger partial charge in [-0.1, -0.05) is 84.9 Å². The number of aliphatic hydroxyl groups excluding tert-OH is 1. The van der Waals surface area contributed by atoms with Gasteiger partial charge in [-0.15, -0.1) is 0 Å². The fraction of sp³-hybridized carbons (Fsp3) is 0.194. The number of hydrogen-bond acceptors (Lipinski definition) is 4. The lowest BCUT2D eigenvalue weighted by molar-refractivity contribution is -0.122. The van der Waals surface area contributed by atoms with Gasteiger partial charge in [0.1, 0.15) is 0 Å². The molecule has 2 atom stereocenters. The summed E-state index contributed by atoms with van der Waals surface area (Å²) in [6.45, 7) is 0.156. The zero-order valence-electron chi connectivity index (χ0n) is 19.5. The number of aliphatic imine (C=N–C) groups is 1. The van der Waals surface area contributed by atoms with Crippen molar-refractivity contribution in [3.05, 3.63) is 113 Å². The van der Waals surface area contributed by atoms with E-state index in [0.29, 0.717) is 5.69 Å². The standard InChI is InChI=1S/C31H24N2O3/c34-17-16-32-18-31-23-13-5-3-11-21(23)26(22-12-4-6-14-24(22)31)27-28(31)30(36)33(29(27)35)25-15-7-9-19-8-1-2-10-20(19)25/h1-15,18,26-28,34H,16-17H2. The average Bonchev–Trinajstić information content (AvgIpc) is 3.19. The predicted molar refractivity (Wildman–Crippen MR) is 139 cm³/mol. The Kier molecular flexibility index (Phi) is 4.54. The minimum Gasteiger partial charge on any atom is -0.394 e. The van der Waals surface area contributed by atoms with Crippen LogP contribution < -0.4 is 4.90 Å². The van der Waals surface area contributed by atoms with Gasteiger partial charge in [-0.2, -0.15) is 0 Å². The number of nitrogens with zero attached hydrogens (tertiary/aromatic N) is 2. The molecule has 1 heterocycles. The van der Waals surface area contributed by atoms with Crippen LogP contribution in [0.4, 0.5) is 5.69 Å². The molecular weight excluding hydrogens is 448 g/mol. The number of anilines is 1. The van der Waals surface area contributed by atoms with Crippen LogP contribution in [0.25, 0.3) is 10.8 Å². The van der Waals surface area contributed by atoms with Crippen molar-refractivity contribution in [1.29, 1.82) is 0 Å². The van der Waals surface area contributed by atoms with Gasteiger partial charge in [0.25, 0.3) is 0 Å². The Morgan fingerprint density at radius 3 is 2.17 bits per heavy atom. The third kappa shape index (κ3) is 2.56. The number of benzene rings is 4. The molecule has 1 fully saturated rings. The van der Waals surface area contributed by atoms with E-state index in [1.807, 2.05) is 72.9 Å². The fourth-order valence-electron chi connectivity index (χ4n) is 6.96. The number of imide groups is 1. The van der Waals surface area contributed by atoms with Crippen LogP contribution in [0.15, 0.2) is 96.0 Å². The van der Waals surface area contributed by atoms with Crippen molar-refractivity contribution < 1.29 is 14.7 Å². The highest BCUT2D eigenvalue weighted by Gasteiger charge is 2.68. The first-order chi connectivity index (χ1) is 17.7. The van der Waals surface area contributed by atoms with Crippen LogP contribution in [0, 0.1) is 11.8 Å². The van der Waals surface area contributed by atoms with Crippen LogP contribution >= 0.6 is 0 Å². The topological polar surface area (TPSA) is 70.0 Å². The van der Waals surface area contributed by atoms with Crippen molar-refractivity contribution in [1.82, 2.24) is 0 Å². The van der Waals surface area contributed by atoms with Crippen LogP contribution in [0.2, 0.25) is 0 Å². The highest BCUT2D eigenvalue weighted by Crippen LogP contribution is 2.63. The van der Waals surface area contributed by atoms with Crippen molar-refractivity contribution >= 4 is 34.5 Å². The molecule has 3 aliphatic carbocycles. The second kappa shape index (κ2) is 7.70. The van der Waals surface area contributed by atoms with Gasteiger partial charge >= 0.3 is 0 Å². The molecule has 0 radical (unpaired) electrons. The highest BCUT2D eigenvalue weighted by molar-refractivity contribution is 6.27. The van der Waals surface area contributed by atoms with Gasteiger partial charge in [0, 0.05) is 17.5 Å². The Morgan fingerprint density at radius 1 is 0.806 bits per heavy atom. The van der Waals surface area contributed by atoms with Crippen LogP contribution in [-0.2, 0) is 15.0 Å². The number of aliphatic hydroxyl groups is 1. The molecule has 1 saturated heterocycles. The molecule has 2 amide bonds. The first-order valence-corrected chi connectivity index (χ1v) is 12.3. The SMILES string of the molecule is O=C1C2C3c4ccccc4C(C=NCCO)(c4ccccc43)C2C(=O)N1c1cccc2ccccc12. The zero-order valence-corrected chi connectivity index (χ0v) is 19.5. The molecule has 5 heteroatoms. The summed E-state index contributed by atoms with van der Waals surface area (Å²) in [6.07, 6.45) is 1.84. The van der Waals surface area contributed by atoms with Crippen LogP contribution in [0.5, 0.6) is 0 Å². The molecular formula is C31H24N2O3. The van der Waals surface area contributed by atoms with Gasteiger partial charge in [0.05, 0.1) is 36.1 Å². The van der Waals surface area contributed by atoms with Gasteiger partial charge in [0.2, 0.25) is 11.8 Å². The Hall–Kier alpha value is -4.09. The summed E-state index contributed by atoms with van der Waals surface area (Å²) in [5, 5.41) is 11.3. The van der Waals surface area contributed by atoms with Crippen LogP contribution in [-0.4, -0.2) is 36.3 Å². The molecule has 1 N–H and O–H groups in total. The molecule has 5 nitrogen and oxygen atoms in total. The normalized spacial score (nSPS) is 25.9. The molecule has 4 aromatic carbocycles. The van der Waals surface area contributed by atoms with E-state index in [-0.39, 0.29) is 30.9 Å². The first-order valence-electron chi connectivity index (χ1n) is 12.3. The first kappa shape index (κ1) is 21.2. The van der Waals surface area contributed by atoms with Gasteiger partial charge in [-0.25, -0.2) is 4.90 Å². The quantitative estimate of drug-likeness (QED) is 0.352. The number of carbonyl (C=O) groups excluding carboxylic acids is 2. The van der Waals surface area contributed by atoms with Gasteiger partial charge < -0.3 is 5.11 Å². The zero-order chi connectivity index (χ0) is 24.4. The Bertz CT molecular complexity index is 1540. The second-order valence-corrected chi connectivity index (χ2v) is 9.79. The third-order valence-corrected chi connectivity index (χ3v) is 8.22. The maximum absolute atomic E-state index is 14.4. The fourth-order valence-corrected chi connectivity index (χ4v) is 6.96. The minimum absolute atomic E-state index is 0.0817. The lowest BCUT2D eigenvalue weighted by Gasteiger charge is -2.52. The third-order valence-electron chi connectivity index (χ3n) is 8.22. The number of fused-ring (bicyclic) bond motifs is 1. The summed E-state index contributed by atoms with van der Waals surface area (Å²) in [6, 6.07) is 29.9. The Morgan fingerprint density at radius 2 is 1.44 bits per heavy atom. The van der Waals surface area contributed by atoms with Crippen LogP contribution in [0.1, 0.15) is 28.2 Å². The number of rotatable bonds is 4. The van der Waals surface area contributed by atoms with Crippen molar-refractivity contribution in [2.75, 3.05) is 18.1 Å². The maximum Gasteiger partial charge on any atom is 0.239 e. The predicted octanol–water partition coefficient (Wildman–Crippen LogP) is 4.45. The molecule has 4 aromatic rings. The van der Waals surface area contributed by atoms with Gasteiger partial charge in [-0.3, -0.25) is 14.6 Å². The van der Waals surface area contributed by atoms with E-state index >= 15 is 0 Å². The Labute approximate surface area is 208 Å². The van der Waals surface area contributed by atoms with Crippen LogP contribution in [0.3, 0.4) is 0 Å². The summed E-state index contributed by atoms with van der Waals surface area (Å²) < 4.78 is 0. The lowest BCUT2D eigenvalue weighted by atomic mass is 9.47. The monoisotopic (exact) mass is 472 g/mol. The smallest absolute Gasteiger partial charge is 0.239 e. The van der Waals surface area contributed by atoms with E-state index in [4.69, 9.17) is 0 Å². The summed E-state index contributed by atoms with van der Waals surface area (Å²) in [4.78, 5) is 34.7. The highest BCUT2D eigenvalue weighted by atomic mass is 16.3. The number of hydrogen-bond donors (Lipinski definition) is 1. The lowest BCUT2D eigenvalue weighted by Crippen LogP contribution is -2.54. The maximum atomic E-state index is 14.4. The average molecular weight is 473 g/mol. The van der Waals surface area contributed by atoms with Gasteiger partial charge in [-0.05, 0) is 33.7 Å². The summed E-state index contributed by atoms with van der Waals surface area (Å²) in [7, 11) is 0. The van der Waals surface area contributed by atoms with E-state index in [1.54, 1.807) is 0 Å². The van der Waals surface area contributed by atoms with Crippen molar-refractivity contribution in [3.8, 4) is 0 Å². The number of amides is 2. The minimum atomic E-state index is -0.881. The van der Waals surface area contributed by atoms with Crippen molar-refractivity contribution in [2.24, 2.45) is 16.8 Å².